The van der Waals surface area contributed by atoms with Gasteiger partial charge in [-0.25, -0.2) is 0 Å². The minimum atomic E-state index is -0.447. The summed E-state index contributed by atoms with van der Waals surface area (Å²) in [7, 11) is 0. The molecule has 0 saturated carbocycles. The zero-order valence-corrected chi connectivity index (χ0v) is 10.2. The molecule has 3 rings (SSSR count). The summed E-state index contributed by atoms with van der Waals surface area (Å²) in [5, 5.41) is 0. The smallest absolute Gasteiger partial charge is 0.321 e. The molecule has 0 amide bonds. The minimum absolute atomic E-state index is 0.142. The van der Waals surface area contributed by atoms with Gasteiger partial charge in [0.05, 0.1) is 12.3 Å². The van der Waals surface area contributed by atoms with Crippen molar-refractivity contribution in [2.24, 2.45) is 0 Å². The standard InChI is InChI=1S/C16H12O3/c17-15-10-14(16(18)19-15)13-8-6-12(7-9-13)11-4-2-1-3-5-11/h1-9,14H,10H2. The Morgan fingerprint density at radius 3 is 2.05 bits per heavy atom. The Morgan fingerprint density at radius 1 is 0.842 bits per heavy atom. The van der Waals surface area contributed by atoms with Gasteiger partial charge in [-0.05, 0) is 16.7 Å². The van der Waals surface area contributed by atoms with Crippen LogP contribution in [0.15, 0.2) is 54.6 Å². The second kappa shape index (κ2) is 4.69. The highest BCUT2D eigenvalue weighted by atomic mass is 16.6. The molecule has 1 aliphatic heterocycles. The van der Waals surface area contributed by atoms with E-state index in [-0.39, 0.29) is 6.42 Å². The molecule has 1 saturated heterocycles. The topological polar surface area (TPSA) is 43.4 Å². The van der Waals surface area contributed by atoms with Gasteiger partial charge in [0.1, 0.15) is 0 Å². The first-order valence-electron chi connectivity index (χ1n) is 6.14. The molecule has 2 aromatic rings. The van der Waals surface area contributed by atoms with Gasteiger partial charge in [-0.3, -0.25) is 9.59 Å². The highest BCUT2D eigenvalue weighted by Crippen LogP contribution is 2.29. The van der Waals surface area contributed by atoms with E-state index in [0.717, 1.165) is 16.7 Å². The van der Waals surface area contributed by atoms with Gasteiger partial charge in [-0.2, -0.15) is 0 Å². The minimum Gasteiger partial charge on any atom is -0.393 e. The molecule has 1 atom stereocenters. The van der Waals surface area contributed by atoms with E-state index in [9.17, 15) is 9.59 Å². The molecule has 0 spiro atoms. The maximum Gasteiger partial charge on any atom is 0.321 e. The molecule has 19 heavy (non-hydrogen) atoms. The molecule has 2 aromatic carbocycles. The summed E-state index contributed by atoms with van der Waals surface area (Å²) >= 11 is 0. The quantitative estimate of drug-likeness (QED) is 0.609. The van der Waals surface area contributed by atoms with Crippen LogP contribution >= 0.6 is 0 Å². The van der Waals surface area contributed by atoms with Crippen molar-refractivity contribution in [3.05, 3.63) is 60.2 Å². The van der Waals surface area contributed by atoms with Gasteiger partial charge < -0.3 is 4.74 Å². The summed E-state index contributed by atoms with van der Waals surface area (Å²) in [5.41, 5.74) is 3.04. The zero-order valence-electron chi connectivity index (χ0n) is 10.2. The largest absolute Gasteiger partial charge is 0.393 e. The highest BCUT2D eigenvalue weighted by Gasteiger charge is 2.34. The molecule has 0 radical (unpaired) electrons. The number of carbonyl (C=O) groups is 2. The summed E-state index contributed by atoms with van der Waals surface area (Å²) in [6.07, 6.45) is 0.142. The fraction of sp³-hybridized carbons (Fsp3) is 0.125. The van der Waals surface area contributed by atoms with E-state index >= 15 is 0 Å². The molecular formula is C16H12O3. The Bertz CT molecular complexity index is 614. The molecule has 1 fully saturated rings. The van der Waals surface area contributed by atoms with Crippen LogP contribution in [0.2, 0.25) is 0 Å². The third-order valence-corrected chi connectivity index (χ3v) is 3.29. The lowest BCUT2D eigenvalue weighted by molar-refractivity contribution is -0.152. The molecule has 1 unspecified atom stereocenters. The Balaban J connectivity index is 1.87. The number of hydrogen-bond donors (Lipinski definition) is 0. The van der Waals surface area contributed by atoms with Crippen molar-refractivity contribution in [2.75, 3.05) is 0 Å². The molecule has 3 nitrogen and oxygen atoms in total. The predicted octanol–water partition coefficient (Wildman–Crippen LogP) is 2.91. The molecule has 0 aromatic heterocycles. The lowest BCUT2D eigenvalue weighted by Crippen LogP contribution is -2.05. The second-order valence-corrected chi connectivity index (χ2v) is 4.54. The van der Waals surface area contributed by atoms with Crippen molar-refractivity contribution < 1.29 is 14.3 Å². The van der Waals surface area contributed by atoms with Crippen LogP contribution in [0.25, 0.3) is 11.1 Å². The van der Waals surface area contributed by atoms with Crippen molar-refractivity contribution in [3.63, 3.8) is 0 Å². The Hall–Kier alpha value is -2.42. The normalized spacial score (nSPS) is 18.4. The lowest BCUT2D eigenvalue weighted by Gasteiger charge is -2.07. The summed E-state index contributed by atoms with van der Waals surface area (Å²) in [4.78, 5) is 22.6. The number of cyclic esters (lactones) is 2. The fourth-order valence-corrected chi connectivity index (χ4v) is 2.27. The number of ether oxygens (including phenoxy) is 1. The first kappa shape index (κ1) is 11.7. The SMILES string of the molecule is O=C1CC(c2ccc(-c3ccccc3)cc2)C(=O)O1. The molecular weight excluding hydrogens is 240 g/mol. The highest BCUT2D eigenvalue weighted by molar-refractivity contribution is 5.97. The van der Waals surface area contributed by atoms with E-state index in [1.165, 1.54) is 0 Å². The average Bonchev–Trinajstić information content (AvgIpc) is 2.79. The number of carbonyl (C=O) groups excluding carboxylic acids is 2. The summed E-state index contributed by atoms with van der Waals surface area (Å²) < 4.78 is 4.57. The van der Waals surface area contributed by atoms with Crippen LogP contribution in [-0.2, 0) is 14.3 Å². The summed E-state index contributed by atoms with van der Waals surface area (Å²) in [6.45, 7) is 0. The Kier molecular flexibility index (Phi) is 2.88. The van der Waals surface area contributed by atoms with Crippen molar-refractivity contribution >= 4 is 11.9 Å². The van der Waals surface area contributed by atoms with Crippen LogP contribution in [0.3, 0.4) is 0 Å². The van der Waals surface area contributed by atoms with Gasteiger partial charge in [-0.15, -0.1) is 0 Å². The van der Waals surface area contributed by atoms with Gasteiger partial charge in [0.15, 0.2) is 0 Å². The number of esters is 2. The second-order valence-electron chi connectivity index (χ2n) is 4.54. The predicted molar refractivity (Wildman–Crippen MR) is 70.3 cm³/mol. The third-order valence-electron chi connectivity index (χ3n) is 3.29. The number of benzene rings is 2. The lowest BCUT2D eigenvalue weighted by atomic mass is 9.95. The van der Waals surface area contributed by atoms with Crippen molar-refractivity contribution in [1.29, 1.82) is 0 Å². The van der Waals surface area contributed by atoms with Crippen molar-refractivity contribution in [1.82, 2.24) is 0 Å². The first-order chi connectivity index (χ1) is 9.24. The van der Waals surface area contributed by atoms with Gasteiger partial charge in [-0.1, -0.05) is 54.6 Å². The van der Waals surface area contributed by atoms with Gasteiger partial charge in [0.2, 0.25) is 0 Å². The molecule has 0 bridgehead atoms. The van der Waals surface area contributed by atoms with E-state index < -0.39 is 17.9 Å². The van der Waals surface area contributed by atoms with Crippen LogP contribution < -0.4 is 0 Å². The molecule has 1 heterocycles. The van der Waals surface area contributed by atoms with E-state index in [0.29, 0.717) is 0 Å². The van der Waals surface area contributed by atoms with E-state index in [1.54, 1.807) is 0 Å². The maximum absolute atomic E-state index is 11.5. The first-order valence-corrected chi connectivity index (χ1v) is 6.14. The van der Waals surface area contributed by atoms with Crippen molar-refractivity contribution in [3.8, 4) is 11.1 Å². The van der Waals surface area contributed by atoms with Crippen LogP contribution in [-0.4, -0.2) is 11.9 Å². The van der Waals surface area contributed by atoms with E-state index in [4.69, 9.17) is 0 Å². The van der Waals surface area contributed by atoms with Crippen LogP contribution in [0.1, 0.15) is 17.9 Å². The molecule has 1 aliphatic rings. The van der Waals surface area contributed by atoms with Gasteiger partial charge in [0.25, 0.3) is 0 Å². The maximum atomic E-state index is 11.5. The molecule has 3 heteroatoms. The van der Waals surface area contributed by atoms with Crippen LogP contribution in [0, 0.1) is 0 Å². The summed E-state index contributed by atoms with van der Waals surface area (Å²) in [5.74, 6) is -1.34. The third kappa shape index (κ3) is 2.27. The Labute approximate surface area is 110 Å². The number of hydrogen-bond acceptors (Lipinski definition) is 3. The molecule has 94 valence electrons. The Morgan fingerprint density at radius 2 is 1.47 bits per heavy atom. The molecule has 0 N–H and O–H groups in total. The fourth-order valence-electron chi connectivity index (χ4n) is 2.27. The number of rotatable bonds is 2. The van der Waals surface area contributed by atoms with E-state index in [2.05, 4.69) is 4.74 Å². The molecule has 0 aliphatic carbocycles. The van der Waals surface area contributed by atoms with E-state index in [1.807, 2.05) is 54.6 Å². The van der Waals surface area contributed by atoms with Crippen LogP contribution in [0.4, 0.5) is 0 Å². The van der Waals surface area contributed by atoms with Crippen molar-refractivity contribution in [2.45, 2.75) is 12.3 Å². The zero-order chi connectivity index (χ0) is 13.2. The monoisotopic (exact) mass is 252 g/mol. The summed E-state index contributed by atoms with van der Waals surface area (Å²) in [6, 6.07) is 17.7. The average molecular weight is 252 g/mol. The van der Waals surface area contributed by atoms with Gasteiger partial charge >= 0.3 is 11.9 Å². The van der Waals surface area contributed by atoms with Crippen LogP contribution in [0.5, 0.6) is 0 Å². The van der Waals surface area contributed by atoms with Gasteiger partial charge in [0, 0.05) is 0 Å².